The number of piperidine rings is 1. The molecule has 1 atom stereocenters. The molecule has 1 fully saturated rings. The van der Waals surface area contributed by atoms with E-state index >= 15 is 0 Å². The SMILES string of the molecule is CC1(O)CCCN(S(=O)(=O)c2cc(F)ccc2C(=O)O)C1. The van der Waals surface area contributed by atoms with E-state index < -0.39 is 37.9 Å². The van der Waals surface area contributed by atoms with Crippen molar-refractivity contribution in [2.24, 2.45) is 0 Å². The van der Waals surface area contributed by atoms with Gasteiger partial charge in [0.15, 0.2) is 0 Å². The average molecular weight is 317 g/mol. The summed E-state index contributed by atoms with van der Waals surface area (Å²) in [7, 11) is -4.18. The number of nitrogens with zero attached hydrogens (tertiary/aromatic N) is 1. The van der Waals surface area contributed by atoms with Crippen LogP contribution in [-0.2, 0) is 10.0 Å². The van der Waals surface area contributed by atoms with E-state index in [-0.39, 0.29) is 13.1 Å². The molecule has 1 aromatic rings. The van der Waals surface area contributed by atoms with Gasteiger partial charge in [-0.2, -0.15) is 4.31 Å². The van der Waals surface area contributed by atoms with E-state index in [1.54, 1.807) is 0 Å². The van der Waals surface area contributed by atoms with Crippen LogP contribution < -0.4 is 0 Å². The summed E-state index contributed by atoms with van der Waals surface area (Å²) in [6.07, 6.45) is 0.901. The van der Waals surface area contributed by atoms with Gasteiger partial charge in [-0.15, -0.1) is 0 Å². The van der Waals surface area contributed by atoms with Gasteiger partial charge in [0, 0.05) is 13.1 Å². The number of hydrogen-bond donors (Lipinski definition) is 2. The molecular weight excluding hydrogens is 301 g/mol. The Morgan fingerprint density at radius 3 is 2.67 bits per heavy atom. The molecule has 0 bridgehead atoms. The van der Waals surface area contributed by atoms with Gasteiger partial charge in [0.2, 0.25) is 10.0 Å². The van der Waals surface area contributed by atoms with E-state index in [2.05, 4.69) is 0 Å². The first-order valence-corrected chi connectivity index (χ1v) is 7.83. The Kier molecular flexibility index (Phi) is 4.05. The Bertz CT molecular complexity index is 671. The van der Waals surface area contributed by atoms with E-state index in [1.165, 1.54) is 6.92 Å². The summed E-state index contributed by atoms with van der Waals surface area (Å²) in [4.78, 5) is 10.5. The molecule has 2 rings (SSSR count). The highest BCUT2D eigenvalue weighted by Gasteiger charge is 2.37. The van der Waals surface area contributed by atoms with Gasteiger partial charge in [0.25, 0.3) is 0 Å². The average Bonchev–Trinajstić information content (AvgIpc) is 2.37. The molecule has 6 nitrogen and oxygen atoms in total. The van der Waals surface area contributed by atoms with Gasteiger partial charge in [0.1, 0.15) is 5.82 Å². The van der Waals surface area contributed by atoms with Gasteiger partial charge < -0.3 is 10.2 Å². The summed E-state index contributed by atoms with van der Waals surface area (Å²) >= 11 is 0. The van der Waals surface area contributed by atoms with Crippen LogP contribution in [-0.4, -0.2) is 47.6 Å². The van der Waals surface area contributed by atoms with Crippen molar-refractivity contribution in [3.05, 3.63) is 29.6 Å². The normalized spacial score (nSPS) is 24.0. The zero-order chi connectivity index (χ0) is 15.8. The fraction of sp³-hybridized carbons (Fsp3) is 0.462. The Labute approximate surface area is 121 Å². The third-order valence-electron chi connectivity index (χ3n) is 3.43. The molecule has 1 aromatic carbocycles. The largest absolute Gasteiger partial charge is 0.478 e. The standard InChI is InChI=1S/C13H16FNO5S/c1-13(18)5-2-6-15(8-13)21(19,20)11-7-9(14)3-4-10(11)12(16)17/h3-4,7,18H,2,5-6,8H2,1H3,(H,16,17). The lowest BCUT2D eigenvalue weighted by molar-refractivity contribution is 0.00939. The number of carboxylic acids is 1. The number of aliphatic hydroxyl groups is 1. The monoisotopic (exact) mass is 317 g/mol. The molecule has 2 N–H and O–H groups in total. The van der Waals surface area contributed by atoms with Crippen molar-refractivity contribution in [1.29, 1.82) is 0 Å². The lowest BCUT2D eigenvalue weighted by Crippen LogP contribution is -2.48. The van der Waals surface area contributed by atoms with Crippen molar-refractivity contribution in [3.63, 3.8) is 0 Å². The number of sulfonamides is 1. The van der Waals surface area contributed by atoms with Crippen molar-refractivity contribution >= 4 is 16.0 Å². The van der Waals surface area contributed by atoms with Gasteiger partial charge in [-0.05, 0) is 38.0 Å². The van der Waals surface area contributed by atoms with Gasteiger partial charge in [-0.3, -0.25) is 0 Å². The van der Waals surface area contributed by atoms with E-state index in [1.807, 2.05) is 0 Å². The molecule has 1 aliphatic heterocycles. The van der Waals surface area contributed by atoms with Gasteiger partial charge in [0.05, 0.1) is 16.1 Å². The molecule has 0 aromatic heterocycles. The van der Waals surface area contributed by atoms with Gasteiger partial charge in [-0.25, -0.2) is 17.6 Å². The maximum absolute atomic E-state index is 13.3. The summed E-state index contributed by atoms with van der Waals surface area (Å²) in [5, 5.41) is 19.1. The molecule has 1 aliphatic rings. The fourth-order valence-corrected chi connectivity index (χ4v) is 4.20. The summed E-state index contributed by atoms with van der Waals surface area (Å²) in [6.45, 7) is 1.53. The van der Waals surface area contributed by atoms with Crippen molar-refractivity contribution in [2.45, 2.75) is 30.3 Å². The minimum atomic E-state index is -4.18. The number of carboxylic acid groups (broad SMARTS) is 1. The zero-order valence-corrected chi connectivity index (χ0v) is 12.2. The first kappa shape index (κ1) is 15.9. The molecule has 1 saturated heterocycles. The second-order valence-electron chi connectivity index (χ2n) is 5.38. The number of hydrogen-bond acceptors (Lipinski definition) is 4. The van der Waals surface area contributed by atoms with Crippen LogP contribution in [0.1, 0.15) is 30.1 Å². The number of β-amino-alcohol motifs (C(OH)–C–C–N with tert-alkyl or cyclic N) is 1. The number of carbonyl (C=O) groups is 1. The van der Waals surface area contributed by atoms with Crippen LogP contribution in [0.5, 0.6) is 0 Å². The molecule has 1 heterocycles. The highest BCUT2D eigenvalue weighted by Crippen LogP contribution is 2.28. The number of rotatable bonds is 3. The molecule has 21 heavy (non-hydrogen) atoms. The number of benzene rings is 1. The summed E-state index contributed by atoms with van der Waals surface area (Å²) in [6, 6.07) is 2.52. The van der Waals surface area contributed by atoms with Crippen LogP contribution in [0.3, 0.4) is 0 Å². The molecule has 8 heteroatoms. The minimum Gasteiger partial charge on any atom is -0.478 e. The van der Waals surface area contributed by atoms with Crippen molar-refractivity contribution in [3.8, 4) is 0 Å². The van der Waals surface area contributed by atoms with Crippen LogP contribution in [0.25, 0.3) is 0 Å². The molecule has 0 aliphatic carbocycles. The lowest BCUT2D eigenvalue weighted by atomic mass is 9.97. The van der Waals surface area contributed by atoms with Crippen LogP contribution in [0.4, 0.5) is 4.39 Å². The number of halogens is 1. The third-order valence-corrected chi connectivity index (χ3v) is 5.32. The van der Waals surface area contributed by atoms with E-state index in [0.29, 0.717) is 18.9 Å². The summed E-state index contributed by atoms with van der Waals surface area (Å²) in [5.41, 5.74) is -1.66. The first-order valence-electron chi connectivity index (χ1n) is 6.39. The molecule has 0 saturated carbocycles. The topological polar surface area (TPSA) is 94.9 Å². The van der Waals surface area contributed by atoms with Gasteiger partial charge in [-0.1, -0.05) is 0 Å². The van der Waals surface area contributed by atoms with Gasteiger partial charge >= 0.3 is 5.97 Å². The van der Waals surface area contributed by atoms with E-state index in [0.717, 1.165) is 16.4 Å². The second kappa shape index (κ2) is 5.36. The Hall–Kier alpha value is -1.51. The van der Waals surface area contributed by atoms with E-state index in [9.17, 15) is 22.7 Å². The molecule has 116 valence electrons. The van der Waals surface area contributed by atoms with Crippen molar-refractivity contribution in [1.82, 2.24) is 4.31 Å². The maximum atomic E-state index is 13.3. The smallest absolute Gasteiger partial charge is 0.337 e. The Morgan fingerprint density at radius 1 is 1.43 bits per heavy atom. The molecule has 0 amide bonds. The molecular formula is C13H16FNO5S. The van der Waals surface area contributed by atoms with Crippen molar-refractivity contribution in [2.75, 3.05) is 13.1 Å². The summed E-state index contributed by atoms with van der Waals surface area (Å²) in [5.74, 6) is -2.28. The predicted molar refractivity (Wildman–Crippen MR) is 72.0 cm³/mol. The van der Waals surface area contributed by atoms with E-state index in [4.69, 9.17) is 5.11 Å². The minimum absolute atomic E-state index is 0.148. The Balaban J connectivity index is 2.49. The predicted octanol–water partition coefficient (Wildman–Crippen LogP) is 1.06. The van der Waals surface area contributed by atoms with Crippen LogP contribution in [0, 0.1) is 5.82 Å². The molecule has 0 spiro atoms. The third kappa shape index (κ3) is 3.22. The Morgan fingerprint density at radius 2 is 2.10 bits per heavy atom. The highest BCUT2D eigenvalue weighted by atomic mass is 32.2. The highest BCUT2D eigenvalue weighted by molar-refractivity contribution is 7.89. The summed E-state index contributed by atoms with van der Waals surface area (Å²) < 4.78 is 39.4. The maximum Gasteiger partial charge on any atom is 0.337 e. The molecule has 1 unspecified atom stereocenters. The second-order valence-corrected chi connectivity index (χ2v) is 7.29. The number of aromatic carboxylic acids is 1. The lowest BCUT2D eigenvalue weighted by Gasteiger charge is -2.36. The quantitative estimate of drug-likeness (QED) is 0.869. The van der Waals surface area contributed by atoms with Crippen LogP contribution in [0.2, 0.25) is 0 Å². The van der Waals surface area contributed by atoms with Crippen molar-refractivity contribution < 1.29 is 27.8 Å². The zero-order valence-electron chi connectivity index (χ0n) is 11.4. The van der Waals surface area contributed by atoms with Crippen LogP contribution >= 0.6 is 0 Å². The molecule has 0 radical (unpaired) electrons. The first-order chi connectivity index (χ1) is 9.63. The fourth-order valence-electron chi connectivity index (χ4n) is 2.40. The van der Waals surface area contributed by atoms with Crippen LogP contribution in [0.15, 0.2) is 23.1 Å².